The standard InChI is InChI=1S/C17H14N4O4/c22-15-12-6-1-2-7-13(12)20-14(21-15)16(23)18-9-10-4-3-5-11(8-10)19-17(24)25/h1-8,19H,9H2,(H,18,23)(H,24,25)(H,20,21,22). The van der Waals surface area contributed by atoms with Crippen molar-refractivity contribution in [3.63, 3.8) is 0 Å². The Morgan fingerprint density at radius 1 is 1.12 bits per heavy atom. The molecule has 3 rings (SSSR count). The second-order valence-corrected chi connectivity index (χ2v) is 5.24. The van der Waals surface area contributed by atoms with Crippen LogP contribution in [-0.2, 0) is 6.54 Å². The Bertz CT molecular complexity index is 1010. The molecule has 4 N–H and O–H groups in total. The summed E-state index contributed by atoms with van der Waals surface area (Å²) < 4.78 is 0. The molecule has 0 aliphatic carbocycles. The number of para-hydroxylation sites is 1. The largest absolute Gasteiger partial charge is 0.465 e. The van der Waals surface area contributed by atoms with Crippen LogP contribution in [0.25, 0.3) is 10.9 Å². The predicted octanol–water partition coefficient (Wildman–Crippen LogP) is 1.94. The van der Waals surface area contributed by atoms with E-state index in [9.17, 15) is 14.4 Å². The summed E-state index contributed by atoms with van der Waals surface area (Å²) in [4.78, 5) is 41.5. The van der Waals surface area contributed by atoms with Gasteiger partial charge in [0.15, 0.2) is 5.82 Å². The molecule has 0 radical (unpaired) electrons. The number of nitrogens with zero attached hydrogens (tertiary/aromatic N) is 1. The third kappa shape index (κ3) is 3.81. The van der Waals surface area contributed by atoms with Crippen LogP contribution in [0, 0.1) is 0 Å². The van der Waals surface area contributed by atoms with Crippen molar-refractivity contribution in [2.75, 3.05) is 5.32 Å². The van der Waals surface area contributed by atoms with Crippen molar-refractivity contribution in [2.45, 2.75) is 6.54 Å². The lowest BCUT2D eigenvalue weighted by Crippen LogP contribution is -2.27. The van der Waals surface area contributed by atoms with Crippen molar-refractivity contribution in [2.24, 2.45) is 0 Å². The first-order valence-corrected chi connectivity index (χ1v) is 7.39. The average molecular weight is 338 g/mol. The number of rotatable bonds is 4. The first kappa shape index (κ1) is 16.2. The summed E-state index contributed by atoms with van der Waals surface area (Å²) in [6, 6.07) is 13.3. The Morgan fingerprint density at radius 2 is 1.92 bits per heavy atom. The van der Waals surface area contributed by atoms with E-state index in [0.717, 1.165) is 0 Å². The van der Waals surface area contributed by atoms with E-state index in [1.807, 2.05) is 0 Å². The van der Waals surface area contributed by atoms with Gasteiger partial charge in [-0.25, -0.2) is 9.78 Å². The van der Waals surface area contributed by atoms with Crippen LogP contribution in [0.2, 0.25) is 0 Å². The fourth-order valence-electron chi connectivity index (χ4n) is 2.34. The summed E-state index contributed by atoms with van der Waals surface area (Å²) in [6.07, 6.45) is -1.17. The van der Waals surface area contributed by atoms with Crippen LogP contribution in [0.3, 0.4) is 0 Å². The van der Waals surface area contributed by atoms with E-state index in [0.29, 0.717) is 22.2 Å². The van der Waals surface area contributed by atoms with E-state index in [4.69, 9.17) is 5.11 Å². The fourth-order valence-corrected chi connectivity index (χ4v) is 2.34. The van der Waals surface area contributed by atoms with Crippen molar-refractivity contribution >= 4 is 28.6 Å². The van der Waals surface area contributed by atoms with Crippen LogP contribution >= 0.6 is 0 Å². The van der Waals surface area contributed by atoms with Gasteiger partial charge in [-0.3, -0.25) is 14.9 Å². The number of H-pyrrole nitrogens is 1. The van der Waals surface area contributed by atoms with Crippen molar-refractivity contribution in [3.05, 3.63) is 70.3 Å². The molecule has 1 aromatic heterocycles. The molecule has 2 aromatic carbocycles. The highest BCUT2D eigenvalue weighted by Crippen LogP contribution is 2.11. The Balaban J connectivity index is 1.75. The molecule has 126 valence electrons. The normalized spacial score (nSPS) is 10.4. The molecule has 0 spiro atoms. The maximum atomic E-state index is 12.2. The van der Waals surface area contributed by atoms with Gasteiger partial charge in [0.1, 0.15) is 0 Å². The minimum atomic E-state index is -1.17. The monoisotopic (exact) mass is 338 g/mol. The zero-order valence-electron chi connectivity index (χ0n) is 12.9. The van der Waals surface area contributed by atoms with E-state index in [1.165, 1.54) is 0 Å². The van der Waals surface area contributed by atoms with Gasteiger partial charge >= 0.3 is 6.09 Å². The lowest BCUT2D eigenvalue weighted by Gasteiger charge is -2.07. The van der Waals surface area contributed by atoms with Crippen molar-refractivity contribution < 1.29 is 14.7 Å². The SMILES string of the molecule is O=C(O)Nc1cccc(CNC(=O)c2nc3ccccc3c(=O)[nH]2)c1. The molecule has 8 nitrogen and oxygen atoms in total. The van der Waals surface area contributed by atoms with E-state index in [2.05, 4.69) is 20.6 Å². The van der Waals surface area contributed by atoms with Crippen LogP contribution in [-0.4, -0.2) is 27.1 Å². The number of carbonyl (C=O) groups excluding carboxylic acids is 1. The zero-order chi connectivity index (χ0) is 17.8. The third-order valence-electron chi connectivity index (χ3n) is 3.46. The molecule has 0 saturated heterocycles. The number of amides is 2. The number of aromatic amines is 1. The smallest absolute Gasteiger partial charge is 0.409 e. The zero-order valence-corrected chi connectivity index (χ0v) is 12.9. The van der Waals surface area contributed by atoms with Gasteiger partial charge < -0.3 is 15.4 Å². The summed E-state index contributed by atoms with van der Waals surface area (Å²) in [7, 11) is 0. The van der Waals surface area contributed by atoms with Gasteiger partial charge in [-0.15, -0.1) is 0 Å². The molecule has 0 fully saturated rings. The van der Waals surface area contributed by atoms with Gasteiger partial charge in [0.2, 0.25) is 0 Å². The molecule has 0 unspecified atom stereocenters. The first-order valence-electron chi connectivity index (χ1n) is 7.39. The van der Waals surface area contributed by atoms with Crippen LogP contribution < -0.4 is 16.2 Å². The molecular formula is C17H14N4O4. The number of nitrogens with one attached hydrogen (secondary N) is 3. The van der Waals surface area contributed by atoms with Crippen molar-refractivity contribution in [1.29, 1.82) is 0 Å². The molecular weight excluding hydrogens is 324 g/mol. The number of fused-ring (bicyclic) bond motifs is 1. The number of hydrogen-bond donors (Lipinski definition) is 4. The van der Waals surface area contributed by atoms with Crippen LogP contribution in [0.1, 0.15) is 16.2 Å². The van der Waals surface area contributed by atoms with E-state index < -0.39 is 12.0 Å². The lowest BCUT2D eigenvalue weighted by atomic mass is 10.2. The number of hydrogen-bond acceptors (Lipinski definition) is 4. The summed E-state index contributed by atoms with van der Waals surface area (Å²) in [5.41, 5.74) is 1.15. The minimum Gasteiger partial charge on any atom is -0.465 e. The maximum Gasteiger partial charge on any atom is 0.409 e. The number of aromatic nitrogens is 2. The number of carboxylic acid groups (broad SMARTS) is 1. The minimum absolute atomic E-state index is 0.0801. The van der Waals surface area contributed by atoms with Crippen molar-refractivity contribution in [1.82, 2.24) is 15.3 Å². The molecule has 3 aromatic rings. The number of carbonyl (C=O) groups is 2. The van der Waals surface area contributed by atoms with Crippen LogP contribution in [0.4, 0.5) is 10.5 Å². The molecule has 0 aliphatic rings. The summed E-state index contributed by atoms with van der Waals surface area (Å²) in [6.45, 7) is 0.157. The second kappa shape index (κ2) is 6.83. The molecule has 0 atom stereocenters. The van der Waals surface area contributed by atoms with Crippen LogP contribution in [0.5, 0.6) is 0 Å². The van der Waals surface area contributed by atoms with Gasteiger partial charge in [0.05, 0.1) is 10.9 Å². The topological polar surface area (TPSA) is 124 Å². The first-order chi connectivity index (χ1) is 12.0. The van der Waals surface area contributed by atoms with E-state index >= 15 is 0 Å². The summed E-state index contributed by atoms with van der Waals surface area (Å²) in [5, 5.41) is 14.0. The summed E-state index contributed by atoms with van der Waals surface area (Å²) in [5.74, 6) is -0.608. The van der Waals surface area contributed by atoms with Crippen molar-refractivity contribution in [3.8, 4) is 0 Å². The second-order valence-electron chi connectivity index (χ2n) is 5.24. The lowest BCUT2D eigenvalue weighted by molar-refractivity contribution is 0.0940. The molecule has 1 heterocycles. The predicted molar refractivity (Wildman–Crippen MR) is 91.6 cm³/mol. The molecule has 25 heavy (non-hydrogen) atoms. The average Bonchev–Trinajstić information content (AvgIpc) is 2.59. The molecule has 8 heteroatoms. The number of benzene rings is 2. The molecule has 0 saturated carbocycles. The molecule has 0 aliphatic heterocycles. The third-order valence-corrected chi connectivity index (χ3v) is 3.46. The highest BCUT2D eigenvalue weighted by Gasteiger charge is 2.11. The number of anilines is 1. The molecule has 2 amide bonds. The maximum absolute atomic E-state index is 12.2. The quantitative estimate of drug-likeness (QED) is 0.579. The Hall–Kier alpha value is -3.68. The highest BCUT2D eigenvalue weighted by molar-refractivity contribution is 5.92. The van der Waals surface area contributed by atoms with Gasteiger partial charge in [0, 0.05) is 12.2 Å². The van der Waals surface area contributed by atoms with Crippen LogP contribution in [0.15, 0.2) is 53.3 Å². The van der Waals surface area contributed by atoms with Gasteiger partial charge in [-0.1, -0.05) is 24.3 Å². The molecule has 0 bridgehead atoms. The van der Waals surface area contributed by atoms with E-state index in [1.54, 1.807) is 48.5 Å². The van der Waals surface area contributed by atoms with Gasteiger partial charge in [0.25, 0.3) is 11.5 Å². The summed E-state index contributed by atoms with van der Waals surface area (Å²) >= 11 is 0. The van der Waals surface area contributed by atoms with Gasteiger partial charge in [-0.2, -0.15) is 0 Å². The Labute approximate surface area is 141 Å². The Morgan fingerprint density at radius 3 is 2.72 bits per heavy atom. The fraction of sp³-hybridized carbons (Fsp3) is 0.0588. The van der Waals surface area contributed by atoms with E-state index in [-0.39, 0.29) is 17.9 Å². The van der Waals surface area contributed by atoms with Gasteiger partial charge in [-0.05, 0) is 29.8 Å². The Kier molecular flexibility index (Phi) is 4.42. The highest BCUT2D eigenvalue weighted by atomic mass is 16.4.